The van der Waals surface area contributed by atoms with Gasteiger partial charge in [-0.25, -0.2) is 0 Å². The van der Waals surface area contributed by atoms with Gasteiger partial charge in [0.15, 0.2) is 0 Å². The third-order valence-electron chi connectivity index (χ3n) is 6.29. The molecule has 0 spiro atoms. The number of likely N-dealkylation sites (N-methyl/N-ethyl adjacent to an activating group) is 1. The zero-order valence-electron chi connectivity index (χ0n) is 18.7. The number of ether oxygens (including phenoxy) is 1. The zero-order valence-corrected chi connectivity index (χ0v) is 18.7. The predicted molar refractivity (Wildman–Crippen MR) is 121 cm³/mol. The number of nitrogens with zero attached hydrogens (tertiary/aromatic N) is 3. The minimum atomic E-state index is -0.668. The van der Waals surface area contributed by atoms with Crippen LogP contribution in [0.25, 0.3) is 5.76 Å². The van der Waals surface area contributed by atoms with E-state index in [1.165, 1.54) is 0 Å². The highest BCUT2D eigenvalue weighted by molar-refractivity contribution is 6.46. The number of rotatable bonds is 7. The first kappa shape index (κ1) is 22.0. The molecular weight excluding hydrogens is 406 g/mol. The van der Waals surface area contributed by atoms with E-state index in [0.717, 1.165) is 30.6 Å². The van der Waals surface area contributed by atoms with Crippen LogP contribution in [0.2, 0.25) is 0 Å². The summed E-state index contributed by atoms with van der Waals surface area (Å²) >= 11 is 0. The minimum absolute atomic E-state index is 0.0740. The number of hydrogen-bond acceptors (Lipinski definition) is 6. The standard InChI is InChI=1S/C25H29N3O4/c1-4-27(5-2)12-13-28-22(17-8-10-26-11-9-17)21(24(30)25(28)31)23(29)19-7-6-18-14-16(3)32-20(18)15-19/h6-11,15-16,22,29H,4-5,12-14H2,1-3H3/t16-,22+/m0/s1. The second-order valence-electron chi connectivity index (χ2n) is 8.26. The number of ketones is 1. The molecule has 1 saturated heterocycles. The highest BCUT2D eigenvalue weighted by Crippen LogP contribution is 2.40. The van der Waals surface area contributed by atoms with Crippen molar-refractivity contribution in [1.29, 1.82) is 0 Å². The van der Waals surface area contributed by atoms with Crippen molar-refractivity contribution in [3.05, 3.63) is 65.0 Å². The van der Waals surface area contributed by atoms with E-state index in [-0.39, 0.29) is 17.4 Å². The summed E-state index contributed by atoms with van der Waals surface area (Å²) in [5.41, 5.74) is 2.39. The molecule has 0 saturated carbocycles. The number of amides is 1. The first-order valence-corrected chi connectivity index (χ1v) is 11.1. The number of likely N-dealkylation sites (tertiary alicyclic amines) is 1. The number of aromatic nitrogens is 1. The Bertz CT molecular complexity index is 1050. The van der Waals surface area contributed by atoms with Gasteiger partial charge in [-0.3, -0.25) is 14.6 Å². The molecule has 1 aromatic carbocycles. The number of fused-ring (bicyclic) bond motifs is 1. The topological polar surface area (TPSA) is 83.0 Å². The summed E-state index contributed by atoms with van der Waals surface area (Å²) < 4.78 is 5.82. The maximum absolute atomic E-state index is 13.1. The molecule has 32 heavy (non-hydrogen) atoms. The normalized spacial score (nSPS) is 21.8. The van der Waals surface area contributed by atoms with E-state index in [9.17, 15) is 14.7 Å². The Balaban J connectivity index is 1.76. The van der Waals surface area contributed by atoms with E-state index in [1.54, 1.807) is 41.6 Å². The average molecular weight is 436 g/mol. The zero-order chi connectivity index (χ0) is 22.8. The second kappa shape index (κ2) is 9.12. The van der Waals surface area contributed by atoms with E-state index in [0.29, 0.717) is 24.4 Å². The van der Waals surface area contributed by atoms with Crippen LogP contribution in [0.3, 0.4) is 0 Å². The number of pyridine rings is 1. The van der Waals surface area contributed by atoms with Crippen molar-refractivity contribution < 1.29 is 19.4 Å². The van der Waals surface area contributed by atoms with Gasteiger partial charge >= 0.3 is 0 Å². The fraction of sp³-hybridized carbons (Fsp3) is 0.400. The number of carbonyl (C=O) groups is 2. The van der Waals surface area contributed by atoms with Gasteiger partial charge in [0.25, 0.3) is 11.7 Å². The van der Waals surface area contributed by atoms with Gasteiger partial charge in [-0.2, -0.15) is 0 Å². The highest BCUT2D eigenvalue weighted by atomic mass is 16.5. The molecule has 0 bridgehead atoms. The molecule has 1 aromatic heterocycles. The molecule has 1 fully saturated rings. The fourth-order valence-corrected chi connectivity index (χ4v) is 4.50. The van der Waals surface area contributed by atoms with Crippen LogP contribution in [0.15, 0.2) is 48.3 Å². The molecule has 0 aliphatic carbocycles. The Kier molecular flexibility index (Phi) is 6.28. The van der Waals surface area contributed by atoms with Gasteiger partial charge in [0.1, 0.15) is 17.6 Å². The van der Waals surface area contributed by atoms with Crippen LogP contribution in [0.1, 0.15) is 43.5 Å². The molecule has 1 N–H and O–H groups in total. The van der Waals surface area contributed by atoms with Crippen LogP contribution in [0.4, 0.5) is 0 Å². The van der Waals surface area contributed by atoms with Crippen molar-refractivity contribution in [2.75, 3.05) is 26.2 Å². The minimum Gasteiger partial charge on any atom is -0.507 e. The lowest BCUT2D eigenvalue weighted by atomic mass is 9.95. The molecule has 1 amide bonds. The van der Waals surface area contributed by atoms with Crippen molar-refractivity contribution in [3.8, 4) is 5.75 Å². The van der Waals surface area contributed by atoms with Crippen LogP contribution in [0.5, 0.6) is 5.75 Å². The molecule has 7 heteroatoms. The van der Waals surface area contributed by atoms with E-state index < -0.39 is 17.7 Å². The smallest absolute Gasteiger partial charge is 0.295 e. The third kappa shape index (κ3) is 4.00. The van der Waals surface area contributed by atoms with Crippen LogP contribution in [-0.4, -0.2) is 63.9 Å². The number of benzene rings is 1. The molecule has 7 nitrogen and oxygen atoms in total. The third-order valence-corrected chi connectivity index (χ3v) is 6.29. The van der Waals surface area contributed by atoms with E-state index in [2.05, 4.69) is 23.7 Å². The summed E-state index contributed by atoms with van der Waals surface area (Å²) in [5, 5.41) is 11.2. The van der Waals surface area contributed by atoms with Crippen LogP contribution < -0.4 is 4.74 Å². The van der Waals surface area contributed by atoms with E-state index >= 15 is 0 Å². The number of aliphatic hydroxyl groups is 1. The van der Waals surface area contributed by atoms with Crippen molar-refractivity contribution in [1.82, 2.24) is 14.8 Å². The summed E-state index contributed by atoms with van der Waals surface area (Å²) in [6, 6.07) is 8.33. The molecule has 4 rings (SSSR count). The Hall–Kier alpha value is -3.19. The number of aliphatic hydroxyl groups excluding tert-OH is 1. The lowest BCUT2D eigenvalue weighted by Gasteiger charge is -2.28. The molecule has 3 heterocycles. The lowest BCUT2D eigenvalue weighted by molar-refractivity contribution is -0.140. The van der Waals surface area contributed by atoms with Crippen LogP contribution in [-0.2, 0) is 16.0 Å². The van der Waals surface area contributed by atoms with Gasteiger partial charge in [-0.05, 0) is 49.3 Å². The van der Waals surface area contributed by atoms with E-state index in [1.807, 2.05) is 13.0 Å². The molecule has 2 aliphatic heterocycles. The molecule has 0 unspecified atom stereocenters. The van der Waals surface area contributed by atoms with Gasteiger partial charge < -0.3 is 19.6 Å². The maximum Gasteiger partial charge on any atom is 0.295 e. The van der Waals surface area contributed by atoms with Crippen LogP contribution in [0, 0.1) is 0 Å². The predicted octanol–water partition coefficient (Wildman–Crippen LogP) is 3.17. The van der Waals surface area contributed by atoms with E-state index in [4.69, 9.17) is 4.74 Å². The first-order chi connectivity index (χ1) is 15.4. The first-order valence-electron chi connectivity index (χ1n) is 11.1. The van der Waals surface area contributed by atoms with Crippen molar-refractivity contribution in [3.63, 3.8) is 0 Å². The molecule has 2 atom stereocenters. The molecule has 168 valence electrons. The summed E-state index contributed by atoms with van der Waals surface area (Å²) in [6.07, 6.45) is 4.14. The Morgan fingerprint density at radius 2 is 1.91 bits per heavy atom. The number of hydrogen-bond donors (Lipinski definition) is 1. The van der Waals surface area contributed by atoms with Gasteiger partial charge in [-0.1, -0.05) is 26.0 Å². The monoisotopic (exact) mass is 435 g/mol. The maximum atomic E-state index is 13.1. The summed E-state index contributed by atoms with van der Waals surface area (Å²) in [4.78, 5) is 34.0. The number of Topliss-reactive ketones (excluding diaryl/α,β-unsaturated/α-hetero) is 1. The Morgan fingerprint density at radius 3 is 2.59 bits per heavy atom. The quantitative estimate of drug-likeness (QED) is 0.409. The molecule has 2 aliphatic rings. The second-order valence-corrected chi connectivity index (χ2v) is 8.26. The van der Waals surface area contributed by atoms with Crippen LogP contribution >= 0.6 is 0 Å². The van der Waals surface area contributed by atoms with Crippen molar-refractivity contribution >= 4 is 17.4 Å². The van der Waals surface area contributed by atoms with Gasteiger partial charge in [0.2, 0.25) is 0 Å². The Labute approximate surface area is 188 Å². The molecular formula is C25H29N3O4. The van der Waals surface area contributed by atoms with Gasteiger partial charge in [0, 0.05) is 37.5 Å². The SMILES string of the molecule is CCN(CC)CCN1C(=O)C(=O)C(=C(O)c2ccc3c(c2)O[C@@H](C)C3)[C@H]1c1ccncc1. The van der Waals surface area contributed by atoms with Crippen molar-refractivity contribution in [2.45, 2.75) is 39.3 Å². The lowest BCUT2D eigenvalue weighted by Crippen LogP contribution is -2.38. The fourth-order valence-electron chi connectivity index (χ4n) is 4.50. The summed E-state index contributed by atoms with van der Waals surface area (Å²) in [6.45, 7) is 8.86. The van der Waals surface area contributed by atoms with Gasteiger partial charge in [-0.15, -0.1) is 0 Å². The highest BCUT2D eigenvalue weighted by Gasteiger charge is 2.46. The number of carbonyl (C=O) groups excluding carboxylic acids is 2. The molecule has 0 radical (unpaired) electrons. The van der Waals surface area contributed by atoms with Gasteiger partial charge in [0.05, 0.1) is 11.6 Å². The van der Waals surface area contributed by atoms with Crippen molar-refractivity contribution in [2.24, 2.45) is 0 Å². The summed E-state index contributed by atoms with van der Waals surface area (Å²) in [5.74, 6) is -0.732. The molecule has 2 aromatic rings. The Morgan fingerprint density at radius 1 is 1.19 bits per heavy atom. The summed E-state index contributed by atoms with van der Waals surface area (Å²) in [7, 11) is 0. The average Bonchev–Trinajstić information content (AvgIpc) is 3.30. The largest absolute Gasteiger partial charge is 0.507 e.